The molecule has 0 aliphatic carbocycles. The van der Waals surface area contributed by atoms with Gasteiger partial charge in [0, 0.05) is 17.6 Å². The van der Waals surface area contributed by atoms with Crippen LogP contribution in [0.1, 0.15) is 39.2 Å². The van der Waals surface area contributed by atoms with E-state index < -0.39 is 10.8 Å². The zero-order valence-corrected chi connectivity index (χ0v) is 18.0. The predicted molar refractivity (Wildman–Crippen MR) is 118 cm³/mol. The summed E-state index contributed by atoms with van der Waals surface area (Å²) in [6.07, 6.45) is 0. The molecule has 0 bridgehead atoms. The van der Waals surface area contributed by atoms with E-state index in [-0.39, 0.29) is 17.9 Å². The number of anilines is 1. The Morgan fingerprint density at radius 3 is 2.47 bits per heavy atom. The number of hydrogen-bond donors (Lipinski definition) is 1. The molecule has 30 heavy (non-hydrogen) atoms. The maximum atomic E-state index is 13.1. The van der Waals surface area contributed by atoms with Crippen LogP contribution in [0.3, 0.4) is 0 Å². The maximum absolute atomic E-state index is 13.1. The molecular weight excluding hydrogens is 420 g/mol. The van der Waals surface area contributed by atoms with Crippen molar-refractivity contribution < 1.29 is 13.8 Å². The van der Waals surface area contributed by atoms with Crippen LogP contribution in [0.5, 0.6) is 0 Å². The van der Waals surface area contributed by atoms with Crippen LogP contribution in [0.15, 0.2) is 76.5 Å². The summed E-state index contributed by atoms with van der Waals surface area (Å²) in [6, 6.07) is 18.8. The normalized spacial score (nSPS) is 16.3. The molecule has 152 valence electrons. The molecule has 1 aliphatic rings. The summed E-state index contributed by atoms with van der Waals surface area (Å²) >= 11 is 5.93. The summed E-state index contributed by atoms with van der Waals surface area (Å²) < 4.78 is 13.1. The number of carbonyl (C=O) groups excluding carboxylic acids is 2. The Morgan fingerprint density at radius 2 is 1.73 bits per heavy atom. The van der Waals surface area contributed by atoms with Crippen LogP contribution in [0.4, 0.5) is 5.69 Å². The van der Waals surface area contributed by atoms with Gasteiger partial charge in [0.05, 0.1) is 37.9 Å². The largest absolute Gasteiger partial charge is 0.346 e. The van der Waals surface area contributed by atoms with Crippen LogP contribution in [-0.2, 0) is 10.8 Å². The van der Waals surface area contributed by atoms with Crippen molar-refractivity contribution in [1.29, 1.82) is 0 Å². The molecule has 4 rings (SSSR count). The lowest BCUT2D eigenvalue weighted by atomic mass is 10.1. The van der Waals surface area contributed by atoms with Crippen LogP contribution < -0.4 is 10.2 Å². The molecule has 0 aromatic heterocycles. The highest BCUT2D eigenvalue weighted by atomic mass is 35.5. The van der Waals surface area contributed by atoms with Gasteiger partial charge in [-0.15, -0.1) is 0 Å². The summed E-state index contributed by atoms with van der Waals surface area (Å²) in [4.78, 5) is 28.1. The van der Waals surface area contributed by atoms with Crippen LogP contribution in [0, 0.1) is 0 Å². The lowest BCUT2D eigenvalue weighted by Gasteiger charge is -2.19. The fourth-order valence-corrected chi connectivity index (χ4v) is 4.90. The Morgan fingerprint density at radius 1 is 1.03 bits per heavy atom. The van der Waals surface area contributed by atoms with Gasteiger partial charge in [-0.3, -0.25) is 9.59 Å². The van der Waals surface area contributed by atoms with Gasteiger partial charge in [-0.1, -0.05) is 35.9 Å². The number of hydrogen-bond acceptors (Lipinski definition) is 3. The van der Waals surface area contributed by atoms with E-state index in [0.717, 1.165) is 5.56 Å². The third-order valence-corrected chi connectivity index (χ3v) is 6.87. The maximum Gasteiger partial charge on any atom is 0.259 e. The number of nitrogens with zero attached hydrogens (tertiary/aromatic N) is 1. The summed E-state index contributed by atoms with van der Waals surface area (Å²) in [5.41, 5.74) is 2.17. The molecule has 1 aliphatic heterocycles. The van der Waals surface area contributed by atoms with Crippen LogP contribution >= 0.6 is 11.6 Å². The van der Waals surface area contributed by atoms with Crippen molar-refractivity contribution in [2.24, 2.45) is 0 Å². The van der Waals surface area contributed by atoms with Crippen molar-refractivity contribution in [3.63, 3.8) is 0 Å². The van der Waals surface area contributed by atoms with Crippen molar-refractivity contribution in [2.45, 2.75) is 22.8 Å². The fourth-order valence-electron chi connectivity index (χ4n) is 3.41. The molecule has 2 amide bonds. The molecule has 0 saturated heterocycles. The average molecular weight is 439 g/mol. The molecule has 5 nitrogen and oxygen atoms in total. The van der Waals surface area contributed by atoms with Gasteiger partial charge < -0.3 is 10.2 Å². The first-order valence-electron chi connectivity index (χ1n) is 9.36. The number of carbonyl (C=O) groups is 2. The Balaban J connectivity index is 1.65. The average Bonchev–Trinajstić information content (AvgIpc) is 2.84. The summed E-state index contributed by atoms with van der Waals surface area (Å²) in [6.45, 7) is 1.88. The lowest BCUT2D eigenvalue weighted by molar-refractivity contribution is 0.0937. The molecular formula is C23H19ClN2O3S. The minimum atomic E-state index is -1.52. The van der Waals surface area contributed by atoms with Gasteiger partial charge in [-0.25, -0.2) is 4.21 Å². The van der Waals surface area contributed by atoms with E-state index in [4.69, 9.17) is 11.6 Å². The molecule has 1 N–H and O–H groups in total. The van der Waals surface area contributed by atoms with Crippen LogP contribution in [0.25, 0.3) is 0 Å². The van der Waals surface area contributed by atoms with Crippen molar-refractivity contribution in [3.05, 3.63) is 88.4 Å². The second kappa shape index (κ2) is 8.05. The number of halogens is 1. The molecule has 0 radical (unpaired) electrons. The highest BCUT2D eigenvalue weighted by Gasteiger charge is 2.29. The molecule has 1 unspecified atom stereocenters. The highest BCUT2D eigenvalue weighted by Crippen LogP contribution is 2.34. The van der Waals surface area contributed by atoms with Gasteiger partial charge >= 0.3 is 0 Å². The Kier molecular flexibility index (Phi) is 5.45. The molecule has 3 aromatic carbocycles. The first-order valence-corrected chi connectivity index (χ1v) is 10.9. The van der Waals surface area contributed by atoms with E-state index in [1.165, 1.54) is 4.90 Å². The minimum absolute atomic E-state index is 0.230. The molecule has 0 saturated carbocycles. The minimum Gasteiger partial charge on any atom is -0.346 e. The van der Waals surface area contributed by atoms with E-state index in [2.05, 4.69) is 5.32 Å². The number of rotatable bonds is 3. The molecule has 1 heterocycles. The molecule has 0 spiro atoms. The summed E-state index contributed by atoms with van der Waals surface area (Å²) in [5, 5.41) is 3.58. The van der Waals surface area contributed by atoms with Gasteiger partial charge in [0.2, 0.25) is 0 Å². The summed E-state index contributed by atoms with van der Waals surface area (Å²) in [7, 11) is 0.104. The van der Waals surface area contributed by atoms with Gasteiger partial charge in [0.15, 0.2) is 0 Å². The SMILES string of the molecule is CC(NC(=O)c1ccc2c(c1)N(C)C(=O)c1ccccc1[S@]2=O)c1ccc(Cl)cc1. The fraction of sp³-hybridized carbons (Fsp3) is 0.130. The molecule has 3 aromatic rings. The van der Waals surface area contributed by atoms with Crippen LogP contribution in [0.2, 0.25) is 5.02 Å². The van der Waals surface area contributed by atoms with Gasteiger partial charge in [-0.2, -0.15) is 0 Å². The molecule has 2 atom stereocenters. The smallest absolute Gasteiger partial charge is 0.259 e. The van der Waals surface area contributed by atoms with Crippen molar-refractivity contribution in [3.8, 4) is 0 Å². The predicted octanol–water partition coefficient (Wildman–Crippen LogP) is 4.59. The number of nitrogens with one attached hydrogen (secondary N) is 1. The third kappa shape index (κ3) is 3.64. The van der Waals surface area contributed by atoms with Crippen LogP contribution in [-0.4, -0.2) is 23.1 Å². The zero-order chi connectivity index (χ0) is 21.4. The zero-order valence-electron chi connectivity index (χ0n) is 16.4. The lowest BCUT2D eigenvalue weighted by Crippen LogP contribution is -2.28. The quantitative estimate of drug-likeness (QED) is 0.650. The van der Waals surface area contributed by atoms with Crippen molar-refractivity contribution >= 4 is 39.9 Å². The van der Waals surface area contributed by atoms with Crippen molar-refractivity contribution in [1.82, 2.24) is 5.32 Å². The number of fused-ring (bicyclic) bond motifs is 2. The monoisotopic (exact) mass is 438 g/mol. The summed E-state index contributed by atoms with van der Waals surface area (Å²) in [5.74, 6) is -0.543. The van der Waals surface area contributed by atoms with Crippen molar-refractivity contribution in [2.75, 3.05) is 11.9 Å². The Bertz CT molecular complexity index is 1180. The second-order valence-corrected chi connectivity index (χ2v) is 8.91. The Labute approximate surface area is 182 Å². The van der Waals surface area contributed by atoms with E-state index in [9.17, 15) is 13.8 Å². The van der Waals surface area contributed by atoms with E-state index in [0.29, 0.717) is 31.6 Å². The topological polar surface area (TPSA) is 66.5 Å². The highest BCUT2D eigenvalue weighted by molar-refractivity contribution is 7.85. The van der Waals surface area contributed by atoms with Gasteiger partial charge in [0.25, 0.3) is 11.8 Å². The van der Waals surface area contributed by atoms with Gasteiger partial charge in [0.1, 0.15) is 0 Å². The van der Waals surface area contributed by atoms with E-state index >= 15 is 0 Å². The number of amides is 2. The number of benzene rings is 3. The first kappa shape index (κ1) is 20.3. The standard InChI is InChI=1S/C23H19ClN2O3S/c1-14(15-7-10-17(24)11-8-15)25-22(27)16-9-12-21-19(13-16)26(2)23(28)18-5-3-4-6-20(18)30(21)29/h3-14H,1-2H3,(H,25,27)/t14?,30-/m1/s1. The first-order chi connectivity index (χ1) is 14.4. The molecule has 7 heteroatoms. The third-order valence-electron chi connectivity index (χ3n) is 5.12. The van der Waals surface area contributed by atoms with E-state index in [1.807, 2.05) is 19.1 Å². The van der Waals surface area contributed by atoms with E-state index in [1.54, 1.807) is 61.6 Å². The molecule has 0 fully saturated rings. The Hall–Kier alpha value is -2.96. The second-order valence-electron chi connectivity index (χ2n) is 7.06. The van der Waals surface area contributed by atoms with Gasteiger partial charge in [-0.05, 0) is 55.0 Å².